The highest BCUT2D eigenvalue weighted by molar-refractivity contribution is 5.34. The molecule has 0 spiro atoms. The minimum absolute atomic E-state index is 1.14. The van der Waals surface area contributed by atoms with E-state index in [0.29, 0.717) is 0 Å². The van der Waals surface area contributed by atoms with Gasteiger partial charge < -0.3 is 0 Å². The summed E-state index contributed by atoms with van der Waals surface area (Å²) in [6.07, 6.45) is 6.95. The Morgan fingerprint density at radius 3 is 1.75 bits per heavy atom. The predicted octanol–water partition coefficient (Wildman–Crippen LogP) is 4.01. The SMILES string of the molecule is CC1=CCC(=C(C)C)CC=C1C. The molecule has 0 saturated heterocycles. The lowest BCUT2D eigenvalue weighted by atomic mass is 10.0. The highest BCUT2D eigenvalue weighted by atomic mass is 14.1. The van der Waals surface area contributed by atoms with Crippen molar-refractivity contribution in [1.29, 1.82) is 0 Å². The Balaban J connectivity index is 2.91. The van der Waals surface area contributed by atoms with Crippen LogP contribution >= 0.6 is 0 Å². The lowest BCUT2D eigenvalue weighted by molar-refractivity contribution is 1.06. The maximum atomic E-state index is 2.33. The molecule has 0 unspecified atom stereocenters. The van der Waals surface area contributed by atoms with E-state index in [4.69, 9.17) is 0 Å². The highest BCUT2D eigenvalue weighted by Crippen LogP contribution is 2.23. The smallest absolute Gasteiger partial charge is 0.0127 e. The lowest BCUT2D eigenvalue weighted by Gasteiger charge is -2.01. The van der Waals surface area contributed by atoms with Crippen LogP contribution in [0, 0.1) is 0 Å². The minimum atomic E-state index is 1.14. The highest BCUT2D eigenvalue weighted by Gasteiger charge is 2.02. The van der Waals surface area contributed by atoms with Crippen LogP contribution in [0.3, 0.4) is 0 Å². The maximum Gasteiger partial charge on any atom is -0.0127 e. The molecule has 0 aromatic carbocycles. The van der Waals surface area contributed by atoms with Crippen molar-refractivity contribution in [3.8, 4) is 0 Å². The number of allylic oxidation sites excluding steroid dienone is 6. The molecule has 1 rings (SSSR count). The molecule has 0 bridgehead atoms. The summed E-state index contributed by atoms with van der Waals surface area (Å²) in [4.78, 5) is 0. The van der Waals surface area contributed by atoms with Gasteiger partial charge in [-0.25, -0.2) is 0 Å². The standard InChI is InChI=1S/C12H18/c1-9(2)12-7-5-10(3)11(4)6-8-12/h5-6H,7-8H2,1-4H3. The first kappa shape index (κ1) is 9.31. The molecule has 0 nitrogen and oxygen atoms in total. The summed E-state index contributed by atoms with van der Waals surface area (Å²) in [5.41, 5.74) is 5.92. The van der Waals surface area contributed by atoms with E-state index in [1.165, 1.54) is 16.7 Å². The zero-order valence-corrected chi connectivity index (χ0v) is 8.57. The van der Waals surface area contributed by atoms with E-state index in [2.05, 4.69) is 39.8 Å². The molecule has 12 heavy (non-hydrogen) atoms. The third-order valence-electron chi connectivity index (χ3n) is 2.64. The number of hydrogen-bond acceptors (Lipinski definition) is 0. The molecular formula is C12H18. The Labute approximate surface area is 75.7 Å². The van der Waals surface area contributed by atoms with Crippen LogP contribution in [0.2, 0.25) is 0 Å². The number of hydrogen-bond donors (Lipinski definition) is 0. The van der Waals surface area contributed by atoms with Gasteiger partial charge in [-0.2, -0.15) is 0 Å². The molecule has 0 aromatic heterocycles. The van der Waals surface area contributed by atoms with Gasteiger partial charge in [0.25, 0.3) is 0 Å². The third-order valence-corrected chi connectivity index (χ3v) is 2.64. The second-order valence-electron chi connectivity index (χ2n) is 3.79. The van der Waals surface area contributed by atoms with Crippen LogP contribution in [-0.2, 0) is 0 Å². The predicted molar refractivity (Wildman–Crippen MR) is 55.1 cm³/mol. The van der Waals surface area contributed by atoms with Crippen molar-refractivity contribution in [2.24, 2.45) is 0 Å². The summed E-state index contributed by atoms with van der Waals surface area (Å²) < 4.78 is 0. The first-order valence-corrected chi connectivity index (χ1v) is 4.60. The third kappa shape index (κ3) is 2.10. The fourth-order valence-electron chi connectivity index (χ4n) is 1.37. The van der Waals surface area contributed by atoms with Gasteiger partial charge >= 0.3 is 0 Å². The molecule has 0 aromatic rings. The van der Waals surface area contributed by atoms with Crippen LogP contribution in [0.25, 0.3) is 0 Å². The van der Waals surface area contributed by atoms with Crippen LogP contribution in [0.5, 0.6) is 0 Å². The molecule has 0 amide bonds. The van der Waals surface area contributed by atoms with Crippen molar-refractivity contribution in [3.63, 3.8) is 0 Å². The fraction of sp³-hybridized carbons (Fsp3) is 0.500. The van der Waals surface area contributed by atoms with E-state index >= 15 is 0 Å². The summed E-state index contributed by atoms with van der Waals surface area (Å²) in [5, 5.41) is 0. The van der Waals surface area contributed by atoms with E-state index < -0.39 is 0 Å². The van der Waals surface area contributed by atoms with E-state index in [9.17, 15) is 0 Å². The molecule has 0 aliphatic heterocycles. The Bertz CT molecular complexity index is 236. The van der Waals surface area contributed by atoms with E-state index in [1.807, 2.05) is 0 Å². The summed E-state index contributed by atoms with van der Waals surface area (Å²) in [6, 6.07) is 0. The zero-order valence-electron chi connectivity index (χ0n) is 8.57. The normalized spacial score (nSPS) is 18.2. The summed E-state index contributed by atoms with van der Waals surface area (Å²) >= 11 is 0. The summed E-state index contributed by atoms with van der Waals surface area (Å²) in [5.74, 6) is 0. The Morgan fingerprint density at radius 2 is 1.42 bits per heavy atom. The average molecular weight is 162 g/mol. The summed E-state index contributed by atoms with van der Waals surface area (Å²) in [7, 11) is 0. The van der Waals surface area contributed by atoms with E-state index in [1.54, 1.807) is 5.57 Å². The molecule has 0 heteroatoms. The van der Waals surface area contributed by atoms with Gasteiger partial charge in [0.15, 0.2) is 0 Å². The molecule has 66 valence electrons. The van der Waals surface area contributed by atoms with Gasteiger partial charge in [0.1, 0.15) is 0 Å². The van der Waals surface area contributed by atoms with E-state index in [0.717, 1.165) is 12.8 Å². The van der Waals surface area contributed by atoms with E-state index in [-0.39, 0.29) is 0 Å². The van der Waals surface area contributed by atoms with Gasteiger partial charge in [0.2, 0.25) is 0 Å². The topological polar surface area (TPSA) is 0 Å². The minimum Gasteiger partial charge on any atom is -0.0773 e. The Morgan fingerprint density at radius 1 is 1.00 bits per heavy atom. The maximum absolute atomic E-state index is 2.33. The molecule has 0 N–H and O–H groups in total. The lowest BCUT2D eigenvalue weighted by Crippen LogP contribution is -1.81. The van der Waals surface area contributed by atoms with Crippen LogP contribution < -0.4 is 0 Å². The van der Waals surface area contributed by atoms with Crippen molar-refractivity contribution in [3.05, 3.63) is 34.4 Å². The summed E-state index contributed by atoms with van der Waals surface area (Å²) in [6.45, 7) is 8.79. The van der Waals surface area contributed by atoms with Crippen molar-refractivity contribution < 1.29 is 0 Å². The first-order valence-electron chi connectivity index (χ1n) is 4.60. The average Bonchev–Trinajstić information content (AvgIpc) is 2.16. The molecule has 0 radical (unpaired) electrons. The monoisotopic (exact) mass is 162 g/mol. The van der Waals surface area contributed by atoms with Crippen molar-refractivity contribution >= 4 is 0 Å². The fourth-order valence-corrected chi connectivity index (χ4v) is 1.37. The molecule has 1 aliphatic rings. The van der Waals surface area contributed by atoms with Crippen LogP contribution in [0.4, 0.5) is 0 Å². The molecule has 0 atom stereocenters. The van der Waals surface area contributed by atoms with Crippen LogP contribution in [0.1, 0.15) is 40.5 Å². The van der Waals surface area contributed by atoms with Gasteiger partial charge in [-0.15, -0.1) is 0 Å². The second kappa shape index (κ2) is 3.75. The Hall–Kier alpha value is -0.780. The molecular weight excluding hydrogens is 144 g/mol. The van der Waals surface area contributed by atoms with Crippen LogP contribution in [0.15, 0.2) is 34.4 Å². The Kier molecular flexibility index (Phi) is 2.91. The van der Waals surface area contributed by atoms with Gasteiger partial charge in [0.05, 0.1) is 0 Å². The van der Waals surface area contributed by atoms with Crippen molar-refractivity contribution in [2.45, 2.75) is 40.5 Å². The zero-order chi connectivity index (χ0) is 9.14. The molecule has 0 heterocycles. The molecule has 0 fully saturated rings. The van der Waals surface area contributed by atoms with Gasteiger partial charge in [0, 0.05) is 0 Å². The van der Waals surface area contributed by atoms with Gasteiger partial charge in [-0.05, 0) is 40.5 Å². The number of rotatable bonds is 0. The largest absolute Gasteiger partial charge is 0.0773 e. The van der Waals surface area contributed by atoms with Gasteiger partial charge in [-0.3, -0.25) is 0 Å². The molecule has 1 aliphatic carbocycles. The van der Waals surface area contributed by atoms with Gasteiger partial charge in [-0.1, -0.05) is 34.4 Å². The molecule has 0 saturated carbocycles. The van der Waals surface area contributed by atoms with Crippen molar-refractivity contribution in [1.82, 2.24) is 0 Å². The van der Waals surface area contributed by atoms with Crippen LogP contribution in [-0.4, -0.2) is 0 Å². The second-order valence-corrected chi connectivity index (χ2v) is 3.79. The van der Waals surface area contributed by atoms with Crippen molar-refractivity contribution in [2.75, 3.05) is 0 Å². The quantitative estimate of drug-likeness (QED) is 0.472. The first-order chi connectivity index (χ1) is 5.61.